The minimum atomic E-state index is -0.897. The van der Waals surface area contributed by atoms with Crippen molar-refractivity contribution in [2.75, 3.05) is 13.7 Å². The molecule has 14 aliphatic heterocycles. The van der Waals surface area contributed by atoms with Gasteiger partial charge in [0, 0.05) is 83.8 Å². The van der Waals surface area contributed by atoms with Crippen LogP contribution in [0.15, 0.2) is 24.3 Å². The van der Waals surface area contributed by atoms with Gasteiger partial charge in [0.15, 0.2) is 17.4 Å². The number of aliphatic hydroxyl groups excluding tert-OH is 1. The summed E-state index contributed by atoms with van der Waals surface area (Å²) in [6, 6.07) is 0. The number of carbonyl (C=O) groups is 1. The number of nitrogens with two attached hydrogens (primary N) is 1. The van der Waals surface area contributed by atoms with Gasteiger partial charge in [0.1, 0.15) is 18.3 Å². The van der Waals surface area contributed by atoms with Crippen LogP contribution < -0.4 is 5.73 Å². The third kappa shape index (κ3) is 9.59. The number of methoxy groups -OCH3 is 1. The number of esters is 1. The summed E-state index contributed by atoms with van der Waals surface area (Å²) in [5.41, 5.74) is 8.12. The molecule has 3 N–H and O–H groups in total. The van der Waals surface area contributed by atoms with Gasteiger partial charge in [-0.1, -0.05) is 40.9 Å². The third-order valence-corrected chi connectivity index (χ3v) is 21.4. The predicted octanol–water partition coefficient (Wildman–Crippen LogP) is 5.78. The van der Waals surface area contributed by atoms with Gasteiger partial charge in [-0.3, -0.25) is 4.79 Å². The SMILES string of the molecule is C=C1C[C@@H]2CC[C@]34C[C@@H](OC)C(O3)[C@H]3CC(O4)[C@H]4O[C@H](CC[C@@H]4O3)CC(=O)O[C@@H]3[C@@H](C)[C@@H]4O[C@@H]5C[C@]6(C[C@@H]7O[C@]8(C[C@H](C)[C@@H]9O[C@H](CN)[C@H](O)C[C@@H]9O8)C[C@H](C)[C@@H]7O6)O[C@@H]5C[C@@H]4O[C@H]3C[C@H]3O[C@@H](CC[C@@H]1O2)C[C@@H](C)C3=C. The highest BCUT2D eigenvalue weighted by molar-refractivity contribution is 5.70. The van der Waals surface area contributed by atoms with E-state index in [4.69, 9.17) is 76.8 Å². The van der Waals surface area contributed by atoms with E-state index in [1.165, 1.54) is 0 Å². The number of rotatable bonds is 2. The molecule has 0 saturated carbocycles. The summed E-state index contributed by atoms with van der Waals surface area (Å²) in [5.74, 6) is -2.61. The fraction of sp³-hybridized carbons (Fsp3) is 0.915. The molecule has 0 aromatic carbocycles. The molecular weight excluding hydrogens is 995 g/mol. The number of carbonyl (C=O) groups excluding carboxylic acids is 1. The van der Waals surface area contributed by atoms with Gasteiger partial charge in [0.2, 0.25) is 0 Å². The molecule has 430 valence electrons. The first-order valence-corrected chi connectivity index (χ1v) is 30.2. The van der Waals surface area contributed by atoms with Crippen molar-refractivity contribution in [1.29, 1.82) is 0 Å². The monoisotopic (exact) mass is 1080 g/mol. The average molecular weight is 1080 g/mol. The molecule has 0 radical (unpaired) electrons. The smallest absolute Gasteiger partial charge is 0.308 e. The van der Waals surface area contributed by atoms with Crippen LogP contribution in [0.2, 0.25) is 0 Å². The molecule has 14 rings (SSSR count). The molecule has 10 bridgehead atoms. The highest BCUT2D eigenvalue weighted by atomic mass is 16.8. The average Bonchev–Trinajstić information content (AvgIpc) is 4.35. The first-order chi connectivity index (χ1) is 37.0. The van der Waals surface area contributed by atoms with Crippen molar-refractivity contribution in [3.8, 4) is 0 Å². The predicted molar refractivity (Wildman–Crippen MR) is 272 cm³/mol. The molecule has 0 aliphatic carbocycles. The quantitative estimate of drug-likeness (QED) is 0.249. The van der Waals surface area contributed by atoms with Gasteiger partial charge in [0.05, 0.1) is 129 Å². The molecule has 18 heteroatoms. The van der Waals surface area contributed by atoms with Gasteiger partial charge >= 0.3 is 5.97 Å². The largest absolute Gasteiger partial charge is 0.459 e. The van der Waals surface area contributed by atoms with Crippen LogP contribution in [0, 0.1) is 23.7 Å². The first kappa shape index (κ1) is 53.3. The number of ether oxygens (including phenoxy) is 15. The molecule has 2 unspecified atom stereocenters. The summed E-state index contributed by atoms with van der Waals surface area (Å²) in [6.07, 6.45) is 5.01. The van der Waals surface area contributed by atoms with Crippen molar-refractivity contribution >= 4 is 5.97 Å². The van der Waals surface area contributed by atoms with Crippen LogP contribution in [-0.4, -0.2) is 182 Å². The fourth-order valence-corrected chi connectivity index (χ4v) is 17.6. The van der Waals surface area contributed by atoms with Crippen molar-refractivity contribution in [2.24, 2.45) is 29.4 Å². The number of hydrogen-bond acceptors (Lipinski definition) is 18. The molecule has 30 atom stereocenters. The van der Waals surface area contributed by atoms with Gasteiger partial charge in [0.25, 0.3) is 0 Å². The fourth-order valence-electron chi connectivity index (χ4n) is 17.6. The molecule has 14 heterocycles. The second kappa shape index (κ2) is 20.3. The van der Waals surface area contributed by atoms with E-state index in [1.54, 1.807) is 7.11 Å². The summed E-state index contributed by atoms with van der Waals surface area (Å²) >= 11 is 0. The Morgan fingerprint density at radius 2 is 1.21 bits per heavy atom. The summed E-state index contributed by atoms with van der Waals surface area (Å²) in [6.45, 7) is 18.2. The van der Waals surface area contributed by atoms with Crippen LogP contribution in [0.3, 0.4) is 0 Å². The zero-order valence-corrected chi connectivity index (χ0v) is 46.0. The van der Waals surface area contributed by atoms with Crippen molar-refractivity contribution < 1.29 is 81.0 Å². The minimum absolute atomic E-state index is 0.00796. The lowest BCUT2D eigenvalue weighted by atomic mass is 9.78. The van der Waals surface area contributed by atoms with Crippen LogP contribution in [0.25, 0.3) is 0 Å². The zero-order valence-electron chi connectivity index (χ0n) is 46.0. The Morgan fingerprint density at radius 1 is 0.545 bits per heavy atom. The van der Waals surface area contributed by atoms with E-state index < -0.39 is 41.8 Å². The van der Waals surface area contributed by atoms with Crippen molar-refractivity contribution in [1.82, 2.24) is 0 Å². The normalized spacial score (nSPS) is 57.3. The van der Waals surface area contributed by atoms with Crippen LogP contribution in [0.1, 0.15) is 143 Å². The molecule has 14 saturated heterocycles. The van der Waals surface area contributed by atoms with E-state index in [0.717, 1.165) is 49.7 Å². The second-order valence-corrected chi connectivity index (χ2v) is 26.7. The molecule has 14 fully saturated rings. The Labute approximate surface area is 453 Å². The Morgan fingerprint density at radius 3 is 2.04 bits per heavy atom. The van der Waals surface area contributed by atoms with Crippen LogP contribution in [-0.2, 0) is 75.8 Å². The molecule has 0 aromatic heterocycles. The molecule has 0 amide bonds. The minimum Gasteiger partial charge on any atom is -0.459 e. The third-order valence-electron chi connectivity index (χ3n) is 21.4. The van der Waals surface area contributed by atoms with Gasteiger partial charge < -0.3 is 81.9 Å². The Balaban J connectivity index is 0.695. The zero-order chi connectivity index (χ0) is 52.9. The first-order valence-electron chi connectivity index (χ1n) is 30.2. The van der Waals surface area contributed by atoms with E-state index in [0.29, 0.717) is 70.6 Å². The Kier molecular flexibility index (Phi) is 14.0. The maximum atomic E-state index is 14.5. The van der Waals surface area contributed by atoms with Crippen LogP contribution in [0.4, 0.5) is 0 Å². The number of aliphatic hydroxyl groups is 1. The summed E-state index contributed by atoms with van der Waals surface area (Å²) in [7, 11) is 1.75. The van der Waals surface area contributed by atoms with E-state index in [-0.39, 0.29) is 159 Å². The highest BCUT2D eigenvalue weighted by Gasteiger charge is 2.66. The van der Waals surface area contributed by atoms with E-state index >= 15 is 0 Å². The van der Waals surface area contributed by atoms with Gasteiger partial charge in [-0.2, -0.15) is 0 Å². The Bertz CT molecular complexity index is 2240. The van der Waals surface area contributed by atoms with Gasteiger partial charge in [-0.05, 0) is 73.8 Å². The summed E-state index contributed by atoms with van der Waals surface area (Å²) in [4.78, 5) is 14.5. The van der Waals surface area contributed by atoms with E-state index in [1.807, 2.05) is 0 Å². The number of hydrogen-bond donors (Lipinski definition) is 2. The molecule has 18 nitrogen and oxygen atoms in total. The van der Waals surface area contributed by atoms with E-state index in [2.05, 4.69) is 40.9 Å². The molecule has 77 heavy (non-hydrogen) atoms. The molecular formula is C59H87NO17. The lowest BCUT2D eigenvalue weighted by Crippen LogP contribution is -2.63. The summed E-state index contributed by atoms with van der Waals surface area (Å²) < 4.78 is 103. The summed E-state index contributed by atoms with van der Waals surface area (Å²) in [5, 5.41) is 10.9. The lowest BCUT2D eigenvalue weighted by molar-refractivity contribution is -0.370. The van der Waals surface area contributed by atoms with Crippen LogP contribution in [0.5, 0.6) is 0 Å². The lowest BCUT2D eigenvalue weighted by Gasteiger charge is -2.54. The topological polar surface area (TPSA) is 202 Å². The molecule has 3 spiro atoms. The standard InChI is InChI=1S/C59H87NO17/c1-27-14-33-8-10-37-28(2)15-35(64-37)12-13-57-24-47(63-7)56(77-57)43-20-45(73-57)55-38(67-43)11-9-34(66-55)16-50(62)71-54-32(6)53-42(68-41(54)18-39(65-33)31(27)5)19-40-46(69-53)23-59(72-40)25-48-52(76-59)30(4)22-58(75-48)21-29(3)51-44(74-58)17-36(61)49(26-60)70-51/h27,29-30,32-49,51-56,61H,2,5,8-26,60H2,1,3-4,6-7H3/t27-,29+,30+,32+,33+,34-,35+,36-,37+,38+,39-,40-,41+,42+,43-,44+,45?,46-,47-,48+,49-,51+,52+,53+,54-,55+,56?,57-,58-,59+/m1/s1. The number of fused-ring (bicyclic) bond motifs is 13. The van der Waals surface area contributed by atoms with Crippen LogP contribution >= 0.6 is 0 Å². The highest BCUT2D eigenvalue weighted by Crippen LogP contribution is 2.56. The van der Waals surface area contributed by atoms with E-state index in [9.17, 15) is 9.90 Å². The molecule has 14 aliphatic rings. The maximum absolute atomic E-state index is 14.5. The van der Waals surface area contributed by atoms with Gasteiger partial charge in [-0.15, -0.1) is 0 Å². The van der Waals surface area contributed by atoms with Crippen molar-refractivity contribution in [2.45, 2.75) is 301 Å². The molecule has 0 aromatic rings. The van der Waals surface area contributed by atoms with Crippen molar-refractivity contribution in [3.63, 3.8) is 0 Å². The van der Waals surface area contributed by atoms with Crippen molar-refractivity contribution in [3.05, 3.63) is 24.3 Å². The van der Waals surface area contributed by atoms with Gasteiger partial charge in [-0.25, -0.2) is 0 Å². The Hall–Kier alpha value is -1.69. The maximum Gasteiger partial charge on any atom is 0.308 e. The second-order valence-electron chi connectivity index (χ2n) is 26.7.